The summed E-state index contributed by atoms with van der Waals surface area (Å²) in [7, 11) is 2.03. The van der Waals surface area contributed by atoms with Gasteiger partial charge in [0.2, 0.25) is 0 Å². The van der Waals surface area contributed by atoms with Gasteiger partial charge in [-0.3, -0.25) is 4.90 Å². The minimum absolute atomic E-state index is 0.0149. The van der Waals surface area contributed by atoms with Gasteiger partial charge < -0.3 is 5.73 Å². The first-order chi connectivity index (χ1) is 8.45. The molecule has 0 aliphatic carbocycles. The molecule has 98 valence electrons. The number of likely N-dealkylation sites (N-methyl/N-ethyl adjacent to an activating group) is 1. The summed E-state index contributed by atoms with van der Waals surface area (Å²) in [6.07, 6.45) is 0. The molecule has 0 spiro atoms. The maximum atomic E-state index is 8.91. The van der Waals surface area contributed by atoms with E-state index in [1.807, 2.05) is 20.9 Å². The number of nitrogens with zero attached hydrogens (tertiary/aromatic N) is 2. The molecule has 3 unspecified atom stereocenters. The molecule has 1 aromatic rings. The molecule has 0 aliphatic heterocycles. The molecule has 0 saturated heterocycles. The molecule has 0 radical (unpaired) electrons. The Kier molecular flexibility index (Phi) is 5.33. The van der Waals surface area contributed by atoms with E-state index in [4.69, 9.17) is 11.0 Å². The van der Waals surface area contributed by atoms with Crippen LogP contribution in [-0.4, -0.2) is 24.5 Å². The van der Waals surface area contributed by atoms with Crippen molar-refractivity contribution < 1.29 is 0 Å². The number of nitriles is 1. The lowest BCUT2D eigenvalue weighted by molar-refractivity contribution is 0.205. The second-order valence-electron chi connectivity index (χ2n) is 5.19. The van der Waals surface area contributed by atoms with Crippen LogP contribution in [0.2, 0.25) is 0 Å². The maximum absolute atomic E-state index is 8.91. The van der Waals surface area contributed by atoms with Gasteiger partial charge in [0.05, 0.1) is 12.0 Å². The van der Waals surface area contributed by atoms with E-state index in [9.17, 15) is 0 Å². The number of hydrogen-bond acceptors (Lipinski definition) is 3. The Labute approximate surface area is 110 Å². The average Bonchev–Trinajstić information content (AvgIpc) is 2.28. The van der Waals surface area contributed by atoms with Gasteiger partial charge in [0.25, 0.3) is 0 Å². The molecule has 0 saturated carbocycles. The van der Waals surface area contributed by atoms with Crippen LogP contribution in [0, 0.1) is 24.2 Å². The quantitative estimate of drug-likeness (QED) is 0.867. The Hall–Kier alpha value is -1.37. The van der Waals surface area contributed by atoms with Gasteiger partial charge in [-0.1, -0.05) is 29.8 Å². The largest absolute Gasteiger partial charge is 0.326 e. The van der Waals surface area contributed by atoms with Crippen molar-refractivity contribution in [2.24, 2.45) is 11.7 Å². The van der Waals surface area contributed by atoms with E-state index >= 15 is 0 Å². The number of aryl methyl sites for hydroxylation is 1. The molecule has 1 aromatic carbocycles. The molecule has 0 aromatic heterocycles. The van der Waals surface area contributed by atoms with Crippen molar-refractivity contribution >= 4 is 0 Å². The van der Waals surface area contributed by atoms with Crippen LogP contribution in [0.1, 0.15) is 31.0 Å². The molecule has 3 heteroatoms. The van der Waals surface area contributed by atoms with Gasteiger partial charge in [-0.05, 0) is 33.4 Å². The van der Waals surface area contributed by atoms with Crippen molar-refractivity contribution in [1.29, 1.82) is 5.26 Å². The predicted octanol–water partition coefficient (Wildman–Crippen LogP) is 2.47. The Morgan fingerprint density at radius 2 is 2.06 bits per heavy atom. The van der Waals surface area contributed by atoms with Gasteiger partial charge in [0, 0.05) is 18.6 Å². The third-order valence-electron chi connectivity index (χ3n) is 3.14. The Morgan fingerprint density at radius 3 is 2.56 bits per heavy atom. The van der Waals surface area contributed by atoms with Gasteiger partial charge in [-0.15, -0.1) is 0 Å². The van der Waals surface area contributed by atoms with E-state index in [2.05, 4.69) is 42.2 Å². The van der Waals surface area contributed by atoms with Crippen molar-refractivity contribution in [3.8, 4) is 6.07 Å². The highest BCUT2D eigenvalue weighted by Crippen LogP contribution is 2.23. The number of benzene rings is 1. The summed E-state index contributed by atoms with van der Waals surface area (Å²) in [5.41, 5.74) is 8.57. The normalized spacial score (nSPS) is 16.1. The molecule has 0 amide bonds. The lowest BCUT2D eigenvalue weighted by Gasteiger charge is -2.32. The predicted molar refractivity (Wildman–Crippen MR) is 75.0 cm³/mol. The lowest BCUT2D eigenvalue weighted by atomic mass is 9.97. The second-order valence-corrected chi connectivity index (χ2v) is 5.19. The minimum Gasteiger partial charge on any atom is -0.326 e. The van der Waals surface area contributed by atoms with Gasteiger partial charge in [-0.25, -0.2) is 0 Å². The van der Waals surface area contributed by atoms with Crippen LogP contribution in [0.15, 0.2) is 24.3 Å². The molecule has 0 bridgehead atoms. The summed E-state index contributed by atoms with van der Waals surface area (Å²) >= 11 is 0. The molecule has 1 rings (SSSR count). The summed E-state index contributed by atoms with van der Waals surface area (Å²) in [6.45, 7) is 6.77. The van der Waals surface area contributed by atoms with Crippen LogP contribution in [0.4, 0.5) is 0 Å². The highest BCUT2D eigenvalue weighted by Gasteiger charge is 2.22. The van der Waals surface area contributed by atoms with Crippen molar-refractivity contribution in [1.82, 2.24) is 4.90 Å². The van der Waals surface area contributed by atoms with Gasteiger partial charge in [0.15, 0.2) is 0 Å². The topological polar surface area (TPSA) is 53.0 Å². The monoisotopic (exact) mass is 245 g/mol. The molecule has 18 heavy (non-hydrogen) atoms. The summed E-state index contributed by atoms with van der Waals surface area (Å²) < 4.78 is 0. The molecular weight excluding hydrogens is 222 g/mol. The smallest absolute Gasteiger partial charge is 0.0666 e. The Bertz CT molecular complexity index is 420. The lowest BCUT2D eigenvalue weighted by Crippen LogP contribution is -2.39. The van der Waals surface area contributed by atoms with Crippen molar-refractivity contribution in [3.63, 3.8) is 0 Å². The number of hydrogen-bond donors (Lipinski definition) is 1. The minimum atomic E-state index is 0.0149. The van der Waals surface area contributed by atoms with E-state index in [1.165, 1.54) is 11.1 Å². The Balaban J connectivity index is 2.93. The first-order valence-electron chi connectivity index (χ1n) is 6.37. The SMILES string of the molecule is Cc1cccc(C(C(C)N)N(C)CC(C)C#N)c1. The molecular formula is C15H23N3. The molecule has 0 heterocycles. The van der Waals surface area contributed by atoms with Crippen LogP contribution in [0.5, 0.6) is 0 Å². The summed E-state index contributed by atoms with van der Waals surface area (Å²) in [6, 6.07) is 10.9. The van der Waals surface area contributed by atoms with E-state index in [0.29, 0.717) is 0 Å². The van der Waals surface area contributed by atoms with Gasteiger partial charge in [-0.2, -0.15) is 5.26 Å². The van der Waals surface area contributed by atoms with Gasteiger partial charge >= 0.3 is 0 Å². The van der Waals surface area contributed by atoms with E-state index in [0.717, 1.165) is 6.54 Å². The summed E-state index contributed by atoms with van der Waals surface area (Å²) in [5, 5.41) is 8.91. The zero-order chi connectivity index (χ0) is 13.7. The number of rotatable bonds is 5. The average molecular weight is 245 g/mol. The van der Waals surface area contributed by atoms with Crippen LogP contribution < -0.4 is 5.73 Å². The molecule has 0 fully saturated rings. The van der Waals surface area contributed by atoms with E-state index in [-0.39, 0.29) is 18.0 Å². The van der Waals surface area contributed by atoms with Crippen molar-refractivity contribution in [3.05, 3.63) is 35.4 Å². The number of nitrogens with two attached hydrogens (primary N) is 1. The third kappa shape index (κ3) is 3.83. The summed E-state index contributed by atoms with van der Waals surface area (Å²) in [5.74, 6) is 0.0149. The van der Waals surface area contributed by atoms with Gasteiger partial charge in [0.1, 0.15) is 0 Å². The summed E-state index contributed by atoms with van der Waals surface area (Å²) in [4.78, 5) is 2.17. The fourth-order valence-electron chi connectivity index (χ4n) is 2.40. The molecule has 3 atom stereocenters. The van der Waals surface area contributed by atoms with Crippen molar-refractivity contribution in [2.75, 3.05) is 13.6 Å². The first-order valence-corrected chi connectivity index (χ1v) is 6.37. The highest BCUT2D eigenvalue weighted by molar-refractivity contribution is 5.26. The second kappa shape index (κ2) is 6.53. The van der Waals surface area contributed by atoms with Crippen LogP contribution in [-0.2, 0) is 0 Å². The van der Waals surface area contributed by atoms with E-state index in [1.54, 1.807) is 0 Å². The molecule has 0 aliphatic rings. The van der Waals surface area contributed by atoms with Crippen LogP contribution >= 0.6 is 0 Å². The fraction of sp³-hybridized carbons (Fsp3) is 0.533. The maximum Gasteiger partial charge on any atom is 0.0666 e. The van der Waals surface area contributed by atoms with Crippen LogP contribution in [0.3, 0.4) is 0 Å². The molecule has 3 nitrogen and oxygen atoms in total. The van der Waals surface area contributed by atoms with Crippen molar-refractivity contribution in [2.45, 2.75) is 32.9 Å². The first kappa shape index (κ1) is 14.7. The third-order valence-corrected chi connectivity index (χ3v) is 3.14. The van der Waals surface area contributed by atoms with Crippen LogP contribution in [0.25, 0.3) is 0 Å². The molecule has 2 N–H and O–H groups in total. The zero-order valence-electron chi connectivity index (χ0n) is 11.7. The zero-order valence-corrected chi connectivity index (χ0v) is 11.7. The standard InChI is InChI=1S/C15H23N3/c1-11-6-5-7-14(8-11)15(13(3)17)18(4)10-12(2)9-16/h5-8,12-13,15H,10,17H2,1-4H3. The fourth-order valence-corrected chi connectivity index (χ4v) is 2.40. The Morgan fingerprint density at radius 1 is 1.39 bits per heavy atom. The van der Waals surface area contributed by atoms with E-state index < -0.39 is 0 Å². The highest BCUT2D eigenvalue weighted by atomic mass is 15.1.